The van der Waals surface area contributed by atoms with Crippen LogP contribution in [0.25, 0.3) is 0 Å². The van der Waals surface area contributed by atoms with Crippen LogP contribution in [-0.4, -0.2) is 53.1 Å². The first-order valence-corrected chi connectivity index (χ1v) is 7.19. The number of carboxylic acid groups (broad SMARTS) is 1. The van der Waals surface area contributed by atoms with Crippen molar-refractivity contribution in [2.75, 3.05) is 20.1 Å². The fourth-order valence-corrected chi connectivity index (χ4v) is 2.05. The molecule has 0 bridgehead atoms. The molecule has 0 radical (unpaired) electrons. The van der Waals surface area contributed by atoms with Gasteiger partial charge in [-0.3, -0.25) is 4.79 Å². The lowest BCUT2D eigenvalue weighted by atomic mass is 10.1. The molecule has 21 heavy (non-hydrogen) atoms. The van der Waals surface area contributed by atoms with Gasteiger partial charge in [0.2, 0.25) is 0 Å². The minimum atomic E-state index is -0.889. The number of carbonyl (C=O) groups excluding carboxylic acids is 1. The van der Waals surface area contributed by atoms with Crippen molar-refractivity contribution in [1.82, 2.24) is 9.80 Å². The van der Waals surface area contributed by atoms with Gasteiger partial charge in [0.1, 0.15) is 0 Å². The monoisotopic (exact) mass is 292 g/mol. The molecule has 0 unspecified atom stereocenters. The zero-order chi connectivity index (χ0) is 15.8. The average molecular weight is 292 g/mol. The zero-order valence-electron chi connectivity index (χ0n) is 13.0. The molecule has 0 spiro atoms. The third-order valence-corrected chi connectivity index (χ3v) is 3.34. The molecule has 0 aromatic heterocycles. The number of carboxylic acids is 1. The van der Waals surface area contributed by atoms with Gasteiger partial charge in [0, 0.05) is 26.2 Å². The lowest BCUT2D eigenvalue weighted by Crippen LogP contribution is -2.46. The maximum Gasteiger partial charge on any atom is 0.319 e. The van der Waals surface area contributed by atoms with Crippen LogP contribution in [0.4, 0.5) is 4.79 Å². The highest BCUT2D eigenvalue weighted by atomic mass is 16.4. The van der Waals surface area contributed by atoms with E-state index in [0.29, 0.717) is 6.54 Å². The van der Waals surface area contributed by atoms with E-state index in [1.165, 1.54) is 5.56 Å². The zero-order valence-corrected chi connectivity index (χ0v) is 13.0. The molecule has 0 fully saturated rings. The summed E-state index contributed by atoms with van der Waals surface area (Å²) < 4.78 is 0. The van der Waals surface area contributed by atoms with Crippen molar-refractivity contribution in [2.45, 2.75) is 32.7 Å². The van der Waals surface area contributed by atoms with E-state index in [2.05, 4.69) is 0 Å². The number of rotatable bonds is 7. The normalized spacial score (nSPS) is 10.5. The van der Waals surface area contributed by atoms with Crippen LogP contribution in [0.2, 0.25) is 0 Å². The molecule has 1 N–H and O–H groups in total. The van der Waals surface area contributed by atoms with Crippen molar-refractivity contribution in [1.29, 1.82) is 0 Å². The number of nitrogens with zero attached hydrogens (tertiary/aromatic N) is 2. The van der Waals surface area contributed by atoms with Crippen LogP contribution < -0.4 is 0 Å². The molecule has 1 rings (SSSR count). The first-order valence-electron chi connectivity index (χ1n) is 7.19. The van der Waals surface area contributed by atoms with Gasteiger partial charge in [-0.25, -0.2) is 4.79 Å². The van der Waals surface area contributed by atoms with Crippen molar-refractivity contribution < 1.29 is 14.7 Å². The van der Waals surface area contributed by atoms with E-state index in [1.54, 1.807) is 16.8 Å². The van der Waals surface area contributed by atoms with Crippen molar-refractivity contribution >= 4 is 12.0 Å². The third-order valence-electron chi connectivity index (χ3n) is 3.34. The third kappa shape index (κ3) is 5.85. The summed E-state index contributed by atoms with van der Waals surface area (Å²) in [6, 6.07) is 9.84. The number of hydrogen-bond donors (Lipinski definition) is 1. The van der Waals surface area contributed by atoms with Gasteiger partial charge in [-0.15, -0.1) is 0 Å². The molecule has 1 aromatic carbocycles. The summed E-state index contributed by atoms with van der Waals surface area (Å²) >= 11 is 0. The number of likely N-dealkylation sites (N-methyl/N-ethyl adjacent to an activating group) is 1. The molecule has 5 heteroatoms. The van der Waals surface area contributed by atoms with Crippen molar-refractivity contribution in [3.63, 3.8) is 0 Å². The smallest absolute Gasteiger partial charge is 0.319 e. The molecule has 0 aliphatic heterocycles. The Bertz CT molecular complexity index is 460. The molecule has 2 amide bonds. The van der Waals surface area contributed by atoms with E-state index in [0.717, 1.165) is 6.42 Å². The summed E-state index contributed by atoms with van der Waals surface area (Å²) in [6.45, 7) is 4.64. The Morgan fingerprint density at radius 3 is 2.29 bits per heavy atom. The van der Waals surface area contributed by atoms with Crippen LogP contribution in [0.1, 0.15) is 25.8 Å². The molecular formula is C16H24N2O3. The van der Waals surface area contributed by atoms with E-state index in [-0.39, 0.29) is 25.0 Å². The highest BCUT2D eigenvalue weighted by molar-refractivity contribution is 5.75. The Hall–Kier alpha value is -2.04. The first-order chi connectivity index (χ1) is 9.91. The average Bonchev–Trinajstić information content (AvgIpc) is 2.45. The molecule has 1 aromatic rings. The summed E-state index contributed by atoms with van der Waals surface area (Å²) in [6.07, 6.45) is 0.754. The van der Waals surface area contributed by atoms with Gasteiger partial charge in [0.15, 0.2) is 0 Å². The fourth-order valence-electron chi connectivity index (χ4n) is 2.05. The van der Waals surface area contributed by atoms with Gasteiger partial charge in [0.25, 0.3) is 0 Å². The lowest BCUT2D eigenvalue weighted by Gasteiger charge is -2.31. The van der Waals surface area contributed by atoms with Crippen molar-refractivity contribution in [2.24, 2.45) is 0 Å². The number of amides is 2. The second-order valence-corrected chi connectivity index (χ2v) is 5.37. The van der Waals surface area contributed by atoms with Gasteiger partial charge in [-0.05, 0) is 25.8 Å². The molecule has 0 aliphatic carbocycles. The lowest BCUT2D eigenvalue weighted by molar-refractivity contribution is -0.137. The second-order valence-electron chi connectivity index (χ2n) is 5.37. The van der Waals surface area contributed by atoms with E-state index in [9.17, 15) is 9.59 Å². The summed E-state index contributed by atoms with van der Waals surface area (Å²) in [7, 11) is 1.75. The van der Waals surface area contributed by atoms with Crippen LogP contribution in [0.15, 0.2) is 30.3 Å². The minimum absolute atomic E-state index is 0.0176. The molecule has 0 saturated heterocycles. The summed E-state index contributed by atoms with van der Waals surface area (Å²) in [5, 5.41) is 8.77. The van der Waals surface area contributed by atoms with Gasteiger partial charge in [-0.2, -0.15) is 0 Å². The van der Waals surface area contributed by atoms with Gasteiger partial charge >= 0.3 is 12.0 Å². The van der Waals surface area contributed by atoms with Crippen LogP contribution in [0.3, 0.4) is 0 Å². The topological polar surface area (TPSA) is 60.9 Å². The number of benzene rings is 1. The predicted molar refractivity (Wildman–Crippen MR) is 82.3 cm³/mol. The Morgan fingerprint density at radius 1 is 1.14 bits per heavy atom. The maximum atomic E-state index is 12.4. The highest BCUT2D eigenvalue weighted by Gasteiger charge is 2.21. The summed E-state index contributed by atoms with van der Waals surface area (Å²) in [4.78, 5) is 26.3. The van der Waals surface area contributed by atoms with Crippen molar-refractivity contribution in [3.05, 3.63) is 35.9 Å². The van der Waals surface area contributed by atoms with E-state index < -0.39 is 5.97 Å². The van der Waals surface area contributed by atoms with E-state index >= 15 is 0 Å². The predicted octanol–water partition coefficient (Wildman–Crippen LogP) is 2.47. The Balaban J connectivity index is 2.55. The molecule has 5 nitrogen and oxygen atoms in total. The molecule has 0 heterocycles. The Labute approximate surface area is 126 Å². The van der Waals surface area contributed by atoms with Crippen LogP contribution in [0, 0.1) is 0 Å². The fraction of sp³-hybridized carbons (Fsp3) is 0.500. The quantitative estimate of drug-likeness (QED) is 0.839. The van der Waals surface area contributed by atoms with Gasteiger partial charge in [0.05, 0.1) is 6.42 Å². The molecule has 0 atom stereocenters. The van der Waals surface area contributed by atoms with Gasteiger partial charge in [-0.1, -0.05) is 30.3 Å². The minimum Gasteiger partial charge on any atom is -0.481 e. The van der Waals surface area contributed by atoms with Crippen LogP contribution >= 0.6 is 0 Å². The standard InChI is InChI=1S/C16H24N2O3/c1-13(2)18(12-10-15(19)20)16(21)17(3)11-9-14-7-5-4-6-8-14/h4-8,13H,9-12H2,1-3H3,(H,19,20). The molecular weight excluding hydrogens is 268 g/mol. The second kappa shape index (κ2) is 8.29. The summed E-state index contributed by atoms with van der Waals surface area (Å²) in [5.74, 6) is -0.889. The van der Waals surface area contributed by atoms with Crippen LogP contribution in [0.5, 0.6) is 0 Å². The summed E-state index contributed by atoms with van der Waals surface area (Å²) in [5.41, 5.74) is 1.18. The number of aliphatic carboxylic acids is 1. The number of hydrogen-bond acceptors (Lipinski definition) is 2. The maximum absolute atomic E-state index is 12.4. The number of carbonyl (C=O) groups is 2. The number of urea groups is 1. The van der Waals surface area contributed by atoms with Crippen molar-refractivity contribution in [3.8, 4) is 0 Å². The van der Waals surface area contributed by atoms with E-state index in [1.807, 2.05) is 44.2 Å². The van der Waals surface area contributed by atoms with Crippen LogP contribution in [-0.2, 0) is 11.2 Å². The molecule has 116 valence electrons. The largest absolute Gasteiger partial charge is 0.481 e. The Kier molecular flexibility index (Phi) is 6.72. The Morgan fingerprint density at radius 2 is 1.76 bits per heavy atom. The van der Waals surface area contributed by atoms with E-state index in [4.69, 9.17) is 5.11 Å². The van der Waals surface area contributed by atoms with Gasteiger partial charge < -0.3 is 14.9 Å². The SMILES string of the molecule is CC(C)N(CCC(=O)O)C(=O)N(C)CCc1ccccc1. The first kappa shape index (κ1) is 17.0. The molecule has 0 aliphatic rings. The molecule has 0 saturated carbocycles. The highest BCUT2D eigenvalue weighted by Crippen LogP contribution is 2.07.